The van der Waals surface area contributed by atoms with Gasteiger partial charge in [0.25, 0.3) is 0 Å². The van der Waals surface area contributed by atoms with Crippen LogP contribution in [0.5, 0.6) is 5.75 Å². The van der Waals surface area contributed by atoms with E-state index in [4.69, 9.17) is 4.74 Å². The predicted molar refractivity (Wildman–Crippen MR) is 70.6 cm³/mol. The Kier molecular flexibility index (Phi) is 2.74. The van der Waals surface area contributed by atoms with Crippen molar-refractivity contribution in [1.29, 1.82) is 0 Å². The van der Waals surface area contributed by atoms with Gasteiger partial charge in [-0.05, 0) is 12.1 Å². The molecule has 0 spiro atoms. The SMILES string of the molecule is COc1ccc2c(c1)N1CCS(=O)CC1C(=O)N2. The van der Waals surface area contributed by atoms with Crippen LogP contribution in [0.3, 0.4) is 0 Å². The molecular weight excluding hydrogens is 252 g/mol. The van der Waals surface area contributed by atoms with Gasteiger partial charge in [0.2, 0.25) is 5.91 Å². The molecule has 5 nitrogen and oxygen atoms in total. The molecule has 1 aromatic carbocycles. The lowest BCUT2D eigenvalue weighted by atomic mass is 10.1. The van der Waals surface area contributed by atoms with Crippen LogP contribution in [0.1, 0.15) is 0 Å². The highest BCUT2D eigenvalue weighted by atomic mass is 32.2. The number of anilines is 2. The molecule has 3 rings (SSSR count). The quantitative estimate of drug-likeness (QED) is 0.808. The second-order valence-corrected chi connectivity index (χ2v) is 6.01. The van der Waals surface area contributed by atoms with E-state index in [2.05, 4.69) is 5.32 Å². The van der Waals surface area contributed by atoms with Crippen LogP contribution in [-0.4, -0.2) is 41.3 Å². The summed E-state index contributed by atoms with van der Waals surface area (Å²) >= 11 is 0. The molecule has 0 bridgehead atoms. The Bertz CT molecular complexity index is 532. The Labute approximate surface area is 108 Å². The number of ether oxygens (including phenoxy) is 1. The number of amides is 1. The summed E-state index contributed by atoms with van der Waals surface area (Å²) in [5, 5.41) is 2.86. The molecular formula is C12H14N2O3S. The van der Waals surface area contributed by atoms with Gasteiger partial charge in [-0.1, -0.05) is 0 Å². The third-order valence-corrected chi connectivity index (χ3v) is 4.68. The van der Waals surface area contributed by atoms with E-state index < -0.39 is 10.8 Å². The molecule has 96 valence electrons. The minimum Gasteiger partial charge on any atom is -0.497 e. The number of methoxy groups -OCH3 is 1. The maximum absolute atomic E-state index is 12.0. The molecule has 1 fully saturated rings. The lowest BCUT2D eigenvalue weighted by molar-refractivity contribution is -0.117. The van der Waals surface area contributed by atoms with Gasteiger partial charge in [0.15, 0.2) is 0 Å². The van der Waals surface area contributed by atoms with Gasteiger partial charge in [-0.25, -0.2) is 0 Å². The van der Waals surface area contributed by atoms with Gasteiger partial charge in [-0.3, -0.25) is 9.00 Å². The number of nitrogens with zero attached hydrogens (tertiary/aromatic N) is 1. The molecule has 2 aliphatic rings. The summed E-state index contributed by atoms with van der Waals surface area (Å²) < 4.78 is 16.8. The van der Waals surface area contributed by atoms with Crippen LogP contribution in [0.25, 0.3) is 0 Å². The Morgan fingerprint density at radius 1 is 1.50 bits per heavy atom. The number of carbonyl (C=O) groups is 1. The molecule has 1 N–H and O–H groups in total. The summed E-state index contributed by atoms with van der Waals surface area (Å²) in [6, 6.07) is 5.25. The van der Waals surface area contributed by atoms with Crippen molar-refractivity contribution in [3.8, 4) is 5.75 Å². The number of carbonyl (C=O) groups excluding carboxylic acids is 1. The molecule has 0 saturated carbocycles. The number of rotatable bonds is 1. The van der Waals surface area contributed by atoms with Crippen LogP contribution in [0.2, 0.25) is 0 Å². The Balaban J connectivity index is 2.03. The fraction of sp³-hybridized carbons (Fsp3) is 0.417. The molecule has 1 aromatic rings. The zero-order valence-electron chi connectivity index (χ0n) is 10.0. The van der Waals surface area contributed by atoms with Crippen LogP contribution in [-0.2, 0) is 15.6 Å². The summed E-state index contributed by atoms with van der Waals surface area (Å²) in [4.78, 5) is 14.0. The number of benzene rings is 1. The third-order valence-electron chi connectivity index (χ3n) is 3.35. The van der Waals surface area contributed by atoms with Crippen LogP contribution < -0.4 is 15.0 Å². The van der Waals surface area contributed by atoms with Crippen molar-refractivity contribution in [3.05, 3.63) is 18.2 Å². The van der Waals surface area contributed by atoms with Gasteiger partial charge in [-0.15, -0.1) is 0 Å². The topological polar surface area (TPSA) is 58.6 Å². The Morgan fingerprint density at radius 3 is 3.11 bits per heavy atom. The van der Waals surface area contributed by atoms with Crippen molar-refractivity contribution in [2.75, 3.05) is 35.4 Å². The maximum atomic E-state index is 12.0. The van der Waals surface area contributed by atoms with E-state index in [1.807, 2.05) is 23.1 Å². The number of nitrogens with one attached hydrogen (secondary N) is 1. The second kappa shape index (κ2) is 4.28. The van der Waals surface area contributed by atoms with Crippen LogP contribution in [0.15, 0.2) is 18.2 Å². The molecule has 0 radical (unpaired) electrons. The van der Waals surface area contributed by atoms with E-state index in [9.17, 15) is 9.00 Å². The molecule has 18 heavy (non-hydrogen) atoms. The lowest BCUT2D eigenvalue weighted by Gasteiger charge is -2.40. The molecule has 0 aromatic heterocycles. The average molecular weight is 266 g/mol. The monoisotopic (exact) mass is 266 g/mol. The largest absolute Gasteiger partial charge is 0.497 e. The molecule has 2 unspecified atom stereocenters. The minimum absolute atomic E-state index is 0.0688. The first-order chi connectivity index (χ1) is 8.69. The van der Waals surface area contributed by atoms with E-state index in [1.54, 1.807) is 7.11 Å². The zero-order valence-corrected chi connectivity index (χ0v) is 10.8. The van der Waals surface area contributed by atoms with E-state index >= 15 is 0 Å². The zero-order chi connectivity index (χ0) is 12.7. The number of hydrogen-bond donors (Lipinski definition) is 1. The third kappa shape index (κ3) is 1.77. The van der Waals surface area contributed by atoms with Gasteiger partial charge in [0.1, 0.15) is 11.8 Å². The molecule has 1 amide bonds. The van der Waals surface area contributed by atoms with Crippen LogP contribution in [0.4, 0.5) is 11.4 Å². The van der Waals surface area contributed by atoms with E-state index in [-0.39, 0.29) is 11.9 Å². The van der Waals surface area contributed by atoms with Crippen molar-refractivity contribution in [3.63, 3.8) is 0 Å². The highest BCUT2D eigenvalue weighted by Gasteiger charge is 2.37. The molecule has 1 saturated heterocycles. The summed E-state index contributed by atoms with van der Waals surface area (Å²) in [6.07, 6.45) is 0. The van der Waals surface area contributed by atoms with Gasteiger partial charge in [0, 0.05) is 29.2 Å². The number of fused-ring (bicyclic) bond motifs is 3. The minimum atomic E-state index is -0.897. The van der Waals surface area contributed by atoms with Crippen molar-refractivity contribution in [1.82, 2.24) is 0 Å². The van der Waals surface area contributed by atoms with Gasteiger partial charge in [0.05, 0.1) is 24.2 Å². The summed E-state index contributed by atoms with van der Waals surface area (Å²) in [6.45, 7) is 0.644. The normalized spacial score (nSPS) is 26.1. The fourth-order valence-corrected chi connectivity index (χ4v) is 3.66. The van der Waals surface area contributed by atoms with Gasteiger partial charge in [-0.2, -0.15) is 0 Å². The highest BCUT2D eigenvalue weighted by molar-refractivity contribution is 7.85. The van der Waals surface area contributed by atoms with Crippen LogP contribution in [0, 0.1) is 0 Å². The molecule has 0 aliphatic carbocycles. The molecule has 2 aliphatic heterocycles. The first-order valence-corrected chi connectivity index (χ1v) is 7.28. The predicted octanol–water partition coefficient (Wildman–Crippen LogP) is 0.585. The van der Waals surface area contributed by atoms with Crippen molar-refractivity contribution in [2.45, 2.75) is 6.04 Å². The molecule has 2 atom stereocenters. The van der Waals surface area contributed by atoms with Crippen molar-refractivity contribution < 1.29 is 13.7 Å². The van der Waals surface area contributed by atoms with Crippen molar-refractivity contribution in [2.24, 2.45) is 0 Å². The summed E-state index contributed by atoms with van der Waals surface area (Å²) in [7, 11) is 0.720. The van der Waals surface area contributed by atoms with Gasteiger partial charge < -0.3 is 15.0 Å². The maximum Gasteiger partial charge on any atom is 0.248 e. The number of hydrogen-bond acceptors (Lipinski definition) is 4. The van der Waals surface area contributed by atoms with Crippen molar-refractivity contribution >= 4 is 28.1 Å². The Morgan fingerprint density at radius 2 is 2.33 bits per heavy atom. The second-order valence-electron chi connectivity index (χ2n) is 4.39. The average Bonchev–Trinajstić information content (AvgIpc) is 2.39. The van der Waals surface area contributed by atoms with Crippen LogP contribution >= 0.6 is 0 Å². The van der Waals surface area contributed by atoms with E-state index in [1.165, 1.54) is 0 Å². The molecule has 2 heterocycles. The highest BCUT2D eigenvalue weighted by Crippen LogP contribution is 2.36. The smallest absolute Gasteiger partial charge is 0.248 e. The summed E-state index contributed by atoms with van der Waals surface area (Å²) in [5.41, 5.74) is 1.75. The standard InChI is InChI=1S/C12H14N2O3S/c1-17-8-2-3-9-10(6-8)14-4-5-18(16)7-11(14)12(15)13-9/h2-3,6,11H,4-5,7H2,1H3,(H,13,15). The summed E-state index contributed by atoms with van der Waals surface area (Å²) in [5.74, 6) is 1.71. The lowest BCUT2D eigenvalue weighted by Crippen LogP contribution is -2.55. The first-order valence-electron chi connectivity index (χ1n) is 5.79. The van der Waals surface area contributed by atoms with E-state index in [0.717, 1.165) is 17.1 Å². The Hall–Kier alpha value is -1.56. The van der Waals surface area contributed by atoms with E-state index in [0.29, 0.717) is 18.1 Å². The first kappa shape index (κ1) is 11.5. The van der Waals surface area contributed by atoms with Gasteiger partial charge >= 0.3 is 0 Å². The molecule has 6 heteroatoms. The fourth-order valence-electron chi connectivity index (χ4n) is 2.41.